The first-order valence-electron chi connectivity index (χ1n) is 15.2. The molecule has 0 unspecified atom stereocenters. The van der Waals surface area contributed by atoms with Gasteiger partial charge in [-0.15, -0.1) is 0 Å². The van der Waals surface area contributed by atoms with Crippen molar-refractivity contribution in [3.63, 3.8) is 0 Å². The molecule has 1 aromatic heterocycles. The number of rotatable bonds is 7. The van der Waals surface area contributed by atoms with E-state index in [0.29, 0.717) is 18.2 Å². The molecular formula is C36H43N5O2. The summed E-state index contributed by atoms with van der Waals surface area (Å²) in [7, 11) is 0. The number of urea groups is 1. The summed E-state index contributed by atoms with van der Waals surface area (Å²) >= 11 is 0. The van der Waals surface area contributed by atoms with Gasteiger partial charge in [-0.2, -0.15) is 5.10 Å². The van der Waals surface area contributed by atoms with Crippen molar-refractivity contribution in [3.8, 4) is 5.69 Å². The highest BCUT2D eigenvalue weighted by Crippen LogP contribution is 2.27. The zero-order chi connectivity index (χ0) is 30.6. The minimum atomic E-state index is -0.314. The second-order valence-corrected chi connectivity index (χ2v) is 12.8. The highest BCUT2D eigenvalue weighted by molar-refractivity contribution is 5.99. The van der Waals surface area contributed by atoms with Crippen LogP contribution in [-0.4, -0.2) is 39.7 Å². The second kappa shape index (κ2) is 12.9. The Hall–Kier alpha value is -4.39. The fourth-order valence-electron chi connectivity index (χ4n) is 5.58. The highest BCUT2D eigenvalue weighted by atomic mass is 16.2. The van der Waals surface area contributed by atoms with Crippen LogP contribution in [0.2, 0.25) is 0 Å². The van der Waals surface area contributed by atoms with Gasteiger partial charge in [0.1, 0.15) is 5.82 Å². The molecule has 0 radical (unpaired) electrons. The van der Waals surface area contributed by atoms with Gasteiger partial charge in [-0.1, -0.05) is 74.9 Å². The van der Waals surface area contributed by atoms with Gasteiger partial charge in [0, 0.05) is 30.3 Å². The number of benzene rings is 3. The van der Waals surface area contributed by atoms with Gasteiger partial charge in [0.2, 0.25) is 5.91 Å². The molecule has 5 rings (SSSR count). The molecule has 1 fully saturated rings. The molecule has 0 spiro atoms. The number of nitrogens with one attached hydrogen (secondary N) is 2. The third-order valence-electron chi connectivity index (χ3n) is 8.28. The van der Waals surface area contributed by atoms with E-state index in [-0.39, 0.29) is 17.4 Å². The third-order valence-corrected chi connectivity index (χ3v) is 8.28. The molecule has 3 aromatic carbocycles. The first-order valence-corrected chi connectivity index (χ1v) is 15.2. The van der Waals surface area contributed by atoms with Gasteiger partial charge in [0.25, 0.3) is 0 Å². The molecule has 224 valence electrons. The number of hydrogen-bond donors (Lipinski definition) is 2. The second-order valence-electron chi connectivity index (χ2n) is 12.8. The summed E-state index contributed by atoms with van der Waals surface area (Å²) in [5.41, 5.74) is 6.99. The van der Waals surface area contributed by atoms with E-state index >= 15 is 0 Å². The predicted molar refractivity (Wildman–Crippen MR) is 174 cm³/mol. The average Bonchev–Trinajstić information content (AvgIpc) is 3.39. The monoisotopic (exact) mass is 577 g/mol. The van der Waals surface area contributed by atoms with Gasteiger partial charge in [0.05, 0.1) is 17.8 Å². The lowest BCUT2D eigenvalue weighted by Gasteiger charge is -2.32. The first-order chi connectivity index (χ1) is 20.5. The van der Waals surface area contributed by atoms with Crippen molar-refractivity contribution in [2.75, 3.05) is 23.7 Å². The molecule has 1 aliphatic rings. The quantitative estimate of drug-likeness (QED) is 0.239. The molecule has 1 saturated heterocycles. The Labute approximate surface area is 255 Å². The molecule has 1 aliphatic heterocycles. The average molecular weight is 578 g/mol. The first kappa shape index (κ1) is 30.1. The summed E-state index contributed by atoms with van der Waals surface area (Å²) in [5, 5.41) is 10.8. The van der Waals surface area contributed by atoms with Crippen LogP contribution in [0.25, 0.3) is 5.69 Å². The molecular weight excluding hydrogens is 534 g/mol. The lowest BCUT2D eigenvalue weighted by Crippen LogP contribution is -2.39. The fraction of sp³-hybridized carbons (Fsp3) is 0.361. The lowest BCUT2D eigenvalue weighted by atomic mass is 9.89. The van der Waals surface area contributed by atoms with E-state index in [0.717, 1.165) is 60.5 Å². The minimum absolute atomic E-state index is 0.165. The Kier molecular flexibility index (Phi) is 9.00. The number of anilines is 2. The fourth-order valence-corrected chi connectivity index (χ4v) is 5.58. The summed E-state index contributed by atoms with van der Waals surface area (Å²) < 4.78 is 1.79. The van der Waals surface area contributed by atoms with Crippen LogP contribution in [0.1, 0.15) is 61.6 Å². The summed E-state index contributed by atoms with van der Waals surface area (Å²) in [4.78, 5) is 28.0. The Balaban J connectivity index is 1.18. The molecule has 7 nitrogen and oxygen atoms in total. The number of hydrogen-bond acceptors (Lipinski definition) is 3. The number of aryl methyl sites for hydroxylation is 2. The number of amides is 3. The van der Waals surface area contributed by atoms with Gasteiger partial charge in [0.15, 0.2) is 0 Å². The van der Waals surface area contributed by atoms with E-state index in [1.807, 2.05) is 78.6 Å². The molecule has 0 aliphatic carbocycles. The Morgan fingerprint density at radius 3 is 2.30 bits per heavy atom. The summed E-state index contributed by atoms with van der Waals surface area (Å²) in [6.45, 7) is 12.0. The molecule has 3 amide bonds. The highest BCUT2D eigenvalue weighted by Gasteiger charge is 2.24. The van der Waals surface area contributed by atoms with Crippen LogP contribution in [-0.2, 0) is 23.1 Å². The molecule has 0 atom stereocenters. The van der Waals surface area contributed by atoms with Gasteiger partial charge in [-0.05, 0) is 80.0 Å². The van der Waals surface area contributed by atoms with Gasteiger partial charge in [-0.25, -0.2) is 9.48 Å². The van der Waals surface area contributed by atoms with Crippen molar-refractivity contribution < 1.29 is 9.59 Å². The van der Waals surface area contributed by atoms with Crippen molar-refractivity contribution >= 4 is 23.4 Å². The molecule has 2 N–H and O–H groups in total. The van der Waals surface area contributed by atoms with Crippen LogP contribution < -0.4 is 10.6 Å². The number of aromatic nitrogens is 2. The van der Waals surface area contributed by atoms with Crippen molar-refractivity contribution in [1.29, 1.82) is 0 Å². The Bertz CT molecular complexity index is 1570. The molecule has 7 heteroatoms. The number of carbonyl (C=O) groups excluding carboxylic acids is 2. The maximum Gasteiger partial charge on any atom is 0.324 e. The van der Waals surface area contributed by atoms with Crippen molar-refractivity contribution in [2.24, 2.45) is 5.92 Å². The summed E-state index contributed by atoms with van der Waals surface area (Å²) in [6.07, 6.45) is 3.36. The van der Waals surface area contributed by atoms with E-state index in [1.54, 1.807) is 4.68 Å². The van der Waals surface area contributed by atoms with Crippen LogP contribution in [0.3, 0.4) is 0 Å². The van der Waals surface area contributed by atoms with E-state index in [4.69, 9.17) is 5.10 Å². The van der Waals surface area contributed by atoms with Crippen LogP contribution in [0, 0.1) is 19.8 Å². The standard InChI is InChI=1S/C36H43N5O2/c1-25-13-15-31(16-14-25)41-33(24-32(39-41)36(3,4)5)38-35(43)37-30-12-8-10-28(22-30)21-27-17-19-40(20-18-27)34(42)23-29-11-7-6-9-26(29)2/h6-16,22,24,27H,17-21,23H2,1-5H3,(H2,37,38,43). The third kappa shape index (κ3) is 7.72. The molecule has 43 heavy (non-hydrogen) atoms. The topological polar surface area (TPSA) is 79.3 Å². The minimum Gasteiger partial charge on any atom is -0.342 e. The maximum atomic E-state index is 13.1. The van der Waals surface area contributed by atoms with E-state index < -0.39 is 0 Å². The number of nitrogens with zero attached hydrogens (tertiary/aromatic N) is 3. The Morgan fingerprint density at radius 1 is 0.884 bits per heavy atom. The van der Waals surface area contributed by atoms with Crippen LogP contribution in [0.4, 0.5) is 16.3 Å². The Morgan fingerprint density at radius 2 is 1.60 bits per heavy atom. The van der Waals surface area contributed by atoms with Crippen LogP contribution in [0.5, 0.6) is 0 Å². The van der Waals surface area contributed by atoms with E-state index in [9.17, 15) is 9.59 Å². The lowest BCUT2D eigenvalue weighted by molar-refractivity contribution is -0.131. The smallest absolute Gasteiger partial charge is 0.324 e. The number of carbonyl (C=O) groups is 2. The summed E-state index contributed by atoms with van der Waals surface area (Å²) in [5.74, 6) is 1.33. The molecule has 2 heterocycles. The van der Waals surface area contributed by atoms with Crippen LogP contribution in [0.15, 0.2) is 78.9 Å². The largest absolute Gasteiger partial charge is 0.342 e. The number of likely N-dealkylation sites (tertiary alicyclic amines) is 1. The van der Waals surface area contributed by atoms with E-state index in [2.05, 4.69) is 50.5 Å². The molecule has 0 bridgehead atoms. The molecule has 4 aromatic rings. The van der Waals surface area contributed by atoms with Gasteiger partial charge < -0.3 is 10.2 Å². The van der Waals surface area contributed by atoms with Crippen molar-refractivity contribution in [1.82, 2.24) is 14.7 Å². The van der Waals surface area contributed by atoms with Crippen molar-refractivity contribution in [3.05, 3.63) is 107 Å². The zero-order valence-electron chi connectivity index (χ0n) is 26.0. The van der Waals surface area contributed by atoms with Crippen molar-refractivity contribution in [2.45, 2.75) is 65.7 Å². The summed E-state index contributed by atoms with van der Waals surface area (Å²) in [6, 6.07) is 25.9. The van der Waals surface area contributed by atoms with Gasteiger partial charge >= 0.3 is 6.03 Å². The molecule has 0 saturated carbocycles. The normalized spacial score (nSPS) is 14.0. The van der Waals surface area contributed by atoms with Crippen LogP contribution >= 0.6 is 0 Å². The number of piperidine rings is 1. The SMILES string of the molecule is Cc1ccc(-n2nc(C(C)(C)C)cc2NC(=O)Nc2cccc(CC3CCN(C(=O)Cc4ccccc4C)CC3)c2)cc1. The maximum absolute atomic E-state index is 13.1. The zero-order valence-corrected chi connectivity index (χ0v) is 26.0. The van der Waals surface area contributed by atoms with E-state index in [1.165, 1.54) is 11.1 Å². The van der Waals surface area contributed by atoms with Gasteiger partial charge in [-0.3, -0.25) is 10.1 Å². The predicted octanol–water partition coefficient (Wildman–Crippen LogP) is 7.45.